The van der Waals surface area contributed by atoms with E-state index in [0.29, 0.717) is 0 Å². The Bertz CT molecular complexity index is 632. The lowest BCUT2D eigenvalue weighted by Gasteiger charge is -2.24. The van der Waals surface area contributed by atoms with Gasteiger partial charge in [0.1, 0.15) is 11.6 Å². The van der Waals surface area contributed by atoms with E-state index in [1.807, 2.05) is 0 Å². The van der Waals surface area contributed by atoms with Crippen LogP contribution in [0.25, 0.3) is 0 Å². The molecule has 0 aliphatic rings. The number of sulfone groups is 1. The third kappa shape index (κ3) is 5.36. The molecule has 1 aromatic carbocycles. The molecule has 1 amide bonds. The molecule has 0 bridgehead atoms. The fourth-order valence-corrected chi connectivity index (χ4v) is 3.19. The smallest absolute Gasteiger partial charge is 0.222 e. The SMILES string of the molecule is CCS(=O)(=O)CC(C)N(C)C(=O)CCc1cc(F)ccc1F. The van der Waals surface area contributed by atoms with E-state index in [4.69, 9.17) is 0 Å². The zero-order valence-corrected chi connectivity index (χ0v) is 13.8. The molecule has 0 heterocycles. The fourth-order valence-electron chi connectivity index (χ4n) is 2.00. The third-order valence-corrected chi connectivity index (χ3v) is 5.48. The highest BCUT2D eigenvalue weighted by Crippen LogP contribution is 2.13. The van der Waals surface area contributed by atoms with Crippen LogP contribution in [0.2, 0.25) is 0 Å². The van der Waals surface area contributed by atoms with Crippen LogP contribution in [0.4, 0.5) is 8.78 Å². The Balaban J connectivity index is 2.63. The van der Waals surface area contributed by atoms with Crippen LogP contribution in [0, 0.1) is 11.6 Å². The molecule has 0 fully saturated rings. The Morgan fingerprint density at radius 3 is 2.55 bits per heavy atom. The van der Waals surface area contributed by atoms with Gasteiger partial charge in [-0.25, -0.2) is 17.2 Å². The van der Waals surface area contributed by atoms with E-state index < -0.39 is 27.5 Å². The van der Waals surface area contributed by atoms with Gasteiger partial charge in [-0.3, -0.25) is 4.79 Å². The number of benzene rings is 1. The van der Waals surface area contributed by atoms with Gasteiger partial charge in [0.15, 0.2) is 9.84 Å². The predicted octanol–water partition coefficient (Wildman–Crippen LogP) is 2.18. The van der Waals surface area contributed by atoms with Crippen molar-refractivity contribution in [3.05, 3.63) is 35.4 Å². The molecule has 0 radical (unpaired) electrons. The number of carbonyl (C=O) groups excluding carboxylic acids is 1. The minimum atomic E-state index is -3.18. The summed E-state index contributed by atoms with van der Waals surface area (Å²) in [7, 11) is -1.67. The Labute approximate surface area is 130 Å². The van der Waals surface area contributed by atoms with Gasteiger partial charge in [0, 0.05) is 25.3 Å². The van der Waals surface area contributed by atoms with Gasteiger partial charge in [0.25, 0.3) is 0 Å². The topological polar surface area (TPSA) is 54.5 Å². The second kappa shape index (κ2) is 7.67. The van der Waals surface area contributed by atoms with Gasteiger partial charge in [-0.05, 0) is 37.1 Å². The molecule has 0 saturated carbocycles. The summed E-state index contributed by atoms with van der Waals surface area (Å²) >= 11 is 0. The monoisotopic (exact) mass is 333 g/mol. The highest BCUT2D eigenvalue weighted by atomic mass is 32.2. The summed E-state index contributed by atoms with van der Waals surface area (Å²) in [6, 6.07) is 2.64. The summed E-state index contributed by atoms with van der Waals surface area (Å²) in [6.45, 7) is 3.20. The molecule has 1 rings (SSSR count). The molecule has 7 heteroatoms. The van der Waals surface area contributed by atoms with Gasteiger partial charge in [-0.15, -0.1) is 0 Å². The Morgan fingerprint density at radius 2 is 1.95 bits per heavy atom. The van der Waals surface area contributed by atoms with E-state index in [9.17, 15) is 22.0 Å². The number of hydrogen-bond donors (Lipinski definition) is 0. The van der Waals surface area contributed by atoms with Crippen molar-refractivity contribution in [2.24, 2.45) is 0 Å². The van der Waals surface area contributed by atoms with Crippen molar-refractivity contribution in [1.29, 1.82) is 0 Å². The zero-order valence-electron chi connectivity index (χ0n) is 13.0. The molecule has 0 aromatic heterocycles. The second-order valence-electron chi connectivity index (χ2n) is 5.29. The van der Waals surface area contributed by atoms with E-state index in [-0.39, 0.29) is 35.8 Å². The Morgan fingerprint density at radius 1 is 1.32 bits per heavy atom. The highest BCUT2D eigenvalue weighted by molar-refractivity contribution is 7.91. The van der Waals surface area contributed by atoms with Gasteiger partial charge in [0.05, 0.1) is 5.75 Å². The molecule has 1 unspecified atom stereocenters. The molecular formula is C15H21F2NO3S. The first-order valence-electron chi connectivity index (χ1n) is 7.06. The van der Waals surface area contributed by atoms with Crippen molar-refractivity contribution >= 4 is 15.7 Å². The predicted molar refractivity (Wildman–Crippen MR) is 81.2 cm³/mol. The first-order chi connectivity index (χ1) is 10.2. The van der Waals surface area contributed by atoms with Crippen molar-refractivity contribution < 1.29 is 22.0 Å². The van der Waals surface area contributed by atoms with Crippen LogP contribution in [-0.4, -0.2) is 43.8 Å². The average molecular weight is 333 g/mol. The van der Waals surface area contributed by atoms with Crippen LogP contribution in [0.15, 0.2) is 18.2 Å². The van der Waals surface area contributed by atoms with Gasteiger partial charge < -0.3 is 4.90 Å². The van der Waals surface area contributed by atoms with Crippen molar-refractivity contribution in [3.8, 4) is 0 Å². The van der Waals surface area contributed by atoms with Crippen molar-refractivity contribution in [2.75, 3.05) is 18.6 Å². The Hall–Kier alpha value is -1.50. The number of amides is 1. The van der Waals surface area contributed by atoms with E-state index >= 15 is 0 Å². The van der Waals surface area contributed by atoms with E-state index in [0.717, 1.165) is 18.2 Å². The third-order valence-electron chi connectivity index (χ3n) is 3.61. The quantitative estimate of drug-likeness (QED) is 0.768. The summed E-state index contributed by atoms with van der Waals surface area (Å²) in [5.74, 6) is -1.51. The lowest BCUT2D eigenvalue weighted by Crippen LogP contribution is -2.39. The van der Waals surface area contributed by atoms with Crippen LogP contribution in [0.1, 0.15) is 25.8 Å². The summed E-state index contributed by atoms with van der Waals surface area (Å²) in [5, 5.41) is 0. The summed E-state index contributed by atoms with van der Waals surface area (Å²) in [6.07, 6.45) is 0.0629. The molecule has 0 N–H and O–H groups in total. The number of hydrogen-bond acceptors (Lipinski definition) is 3. The lowest BCUT2D eigenvalue weighted by molar-refractivity contribution is -0.131. The van der Waals surface area contributed by atoms with Crippen molar-refractivity contribution in [1.82, 2.24) is 4.90 Å². The first-order valence-corrected chi connectivity index (χ1v) is 8.88. The van der Waals surface area contributed by atoms with Crippen molar-refractivity contribution in [2.45, 2.75) is 32.7 Å². The number of nitrogens with zero attached hydrogens (tertiary/aromatic N) is 1. The van der Waals surface area contributed by atoms with Gasteiger partial charge >= 0.3 is 0 Å². The van der Waals surface area contributed by atoms with Crippen LogP contribution < -0.4 is 0 Å². The number of halogens is 2. The molecule has 0 aliphatic carbocycles. The molecule has 1 atom stereocenters. The van der Waals surface area contributed by atoms with Crippen molar-refractivity contribution in [3.63, 3.8) is 0 Å². The summed E-state index contributed by atoms with van der Waals surface area (Å²) < 4.78 is 49.7. The Kier molecular flexibility index (Phi) is 6.47. The molecule has 22 heavy (non-hydrogen) atoms. The van der Waals surface area contributed by atoms with E-state index in [2.05, 4.69) is 0 Å². The molecule has 4 nitrogen and oxygen atoms in total. The molecule has 124 valence electrons. The first kappa shape index (κ1) is 18.5. The number of carbonyl (C=O) groups is 1. The van der Waals surface area contributed by atoms with Gasteiger partial charge in [0.2, 0.25) is 5.91 Å². The van der Waals surface area contributed by atoms with Crippen LogP contribution >= 0.6 is 0 Å². The fraction of sp³-hybridized carbons (Fsp3) is 0.533. The standard InChI is InChI=1S/C15H21F2NO3S/c1-4-22(20,21)10-11(2)18(3)15(19)8-5-12-9-13(16)6-7-14(12)17/h6-7,9,11H,4-5,8,10H2,1-3H3. The maximum Gasteiger partial charge on any atom is 0.222 e. The van der Waals surface area contributed by atoms with Crippen LogP contribution in [0.5, 0.6) is 0 Å². The highest BCUT2D eigenvalue weighted by Gasteiger charge is 2.21. The largest absolute Gasteiger partial charge is 0.342 e. The minimum absolute atomic E-state index is 0.00656. The maximum atomic E-state index is 13.5. The molecular weight excluding hydrogens is 312 g/mol. The zero-order chi connectivity index (χ0) is 16.9. The average Bonchev–Trinajstić information content (AvgIpc) is 2.46. The van der Waals surface area contributed by atoms with E-state index in [1.165, 1.54) is 11.9 Å². The lowest BCUT2D eigenvalue weighted by atomic mass is 10.1. The molecule has 0 saturated heterocycles. The minimum Gasteiger partial charge on any atom is -0.342 e. The maximum absolute atomic E-state index is 13.5. The molecule has 0 spiro atoms. The number of rotatable bonds is 7. The number of aryl methyl sites for hydroxylation is 1. The summed E-state index contributed by atoms with van der Waals surface area (Å²) in [4.78, 5) is 13.4. The van der Waals surface area contributed by atoms with Crippen LogP contribution in [-0.2, 0) is 21.1 Å². The normalized spacial score (nSPS) is 13.0. The van der Waals surface area contributed by atoms with Gasteiger partial charge in [-0.2, -0.15) is 0 Å². The van der Waals surface area contributed by atoms with E-state index in [1.54, 1.807) is 13.8 Å². The molecule has 0 aliphatic heterocycles. The second-order valence-corrected chi connectivity index (χ2v) is 7.69. The molecule has 1 aromatic rings. The van der Waals surface area contributed by atoms with Crippen LogP contribution in [0.3, 0.4) is 0 Å². The summed E-state index contributed by atoms with van der Waals surface area (Å²) in [5.41, 5.74) is 0.135. The van der Waals surface area contributed by atoms with Gasteiger partial charge in [-0.1, -0.05) is 6.92 Å².